The molecule has 0 unspecified atom stereocenters. The molecule has 1 aliphatic heterocycles. The Morgan fingerprint density at radius 2 is 1.68 bits per heavy atom. The standard InChI is InChI=1S/C23H22N4O2S.ClH/c28-30(29)23-11-4-3-10-22(23)26(16-20-14-24-17-25-20)12-13-27(30)15-19-8-5-7-18-6-1-2-9-21(18)19;/h1-11,14,17H,12-13,15-16H2,(H,24,25);1H. The molecule has 0 saturated heterocycles. The largest absolute Gasteiger partial charge is 0.363 e. The lowest BCUT2D eigenvalue weighted by molar-refractivity contribution is 0.416. The van der Waals surface area contributed by atoms with Crippen molar-refractivity contribution < 1.29 is 8.42 Å². The fourth-order valence-electron chi connectivity index (χ4n) is 4.07. The first kappa shape index (κ1) is 21.4. The molecule has 1 N–H and O–H groups in total. The van der Waals surface area contributed by atoms with E-state index >= 15 is 0 Å². The summed E-state index contributed by atoms with van der Waals surface area (Å²) in [5, 5.41) is 2.20. The number of nitrogens with one attached hydrogen (secondary N) is 1. The molecule has 0 amide bonds. The zero-order chi connectivity index (χ0) is 20.6. The Bertz CT molecular complexity index is 1290. The summed E-state index contributed by atoms with van der Waals surface area (Å²) >= 11 is 0. The van der Waals surface area contributed by atoms with Gasteiger partial charge in [0.1, 0.15) is 4.90 Å². The van der Waals surface area contributed by atoms with Crippen LogP contribution >= 0.6 is 12.4 Å². The number of aromatic amines is 1. The maximum absolute atomic E-state index is 13.6. The van der Waals surface area contributed by atoms with Crippen LogP contribution in [0.25, 0.3) is 10.8 Å². The van der Waals surface area contributed by atoms with Crippen LogP contribution < -0.4 is 4.90 Å². The molecular formula is C23H23ClN4O2S. The number of H-pyrrole nitrogens is 1. The molecule has 0 radical (unpaired) electrons. The van der Waals surface area contributed by atoms with E-state index in [9.17, 15) is 8.42 Å². The molecule has 160 valence electrons. The number of benzene rings is 3. The van der Waals surface area contributed by atoms with E-state index in [4.69, 9.17) is 0 Å². The Morgan fingerprint density at radius 3 is 2.52 bits per heavy atom. The number of sulfonamides is 1. The maximum Gasteiger partial charge on any atom is 0.245 e. The van der Waals surface area contributed by atoms with Crippen LogP contribution in [0, 0.1) is 0 Å². The lowest BCUT2D eigenvalue weighted by Crippen LogP contribution is -2.34. The van der Waals surface area contributed by atoms with Gasteiger partial charge in [-0.3, -0.25) is 0 Å². The lowest BCUT2D eigenvalue weighted by atomic mass is 10.0. The van der Waals surface area contributed by atoms with Crippen molar-refractivity contribution in [3.05, 3.63) is 90.5 Å². The molecule has 1 aliphatic rings. The van der Waals surface area contributed by atoms with Gasteiger partial charge in [-0.2, -0.15) is 4.31 Å². The zero-order valence-corrected chi connectivity index (χ0v) is 18.4. The normalized spacial score (nSPS) is 15.8. The molecule has 0 bridgehead atoms. The number of hydrogen-bond donors (Lipinski definition) is 1. The van der Waals surface area contributed by atoms with E-state index in [1.807, 2.05) is 42.5 Å². The molecule has 4 aromatic rings. The fraction of sp³-hybridized carbons (Fsp3) is 0.174. The van der Waals surface area contributed by atoms with Crippen LogP contribution in [0.2, 0.25) is 0 Å². The van der Waals surface area contributed by atoms with Crippen LogP contribution in [0.1, 0.15) is 11.3 Å². The molecule has 31 heavy (non-hydrogen) atoms. The second-order valence-electron chi connectivity index (χ2n) is 7.44. The first-order chi connectivity index (χ1) is 14.6. The zero-order valence-electron chi connectivity index (χ0n) is 16.8. The van der Waals surface area contributed by atoms with Gasteiger partial charge in [0.2, 0.25) is 10.0 Å². The van der Waals surface area contributed by atoms with Crippen molar-refractivity contribution in [2.24, 2.45) is 0 Å². The van der Waals surface area contributed by atoms with Crippen LogP contribution in [-0.4, -0.2) is 35.8 Å². The number of rotatable bonds is 4. The molecule has 0 fully saturated rings. The molecule has 3 aromatic carbocycles. The summed E-state index contributed by atoms with van der Waals surface area (Å²) in [6.07, 6.45) is 3.42. The van der Waals surface area contributed by atoms with Crippen molar-refractivity contribution in [2.45, 2.75) is 18.0 Å². The third kappa shape index (κ3) is 4.04. The number of imidazole rings is 1. The first-order valence-corrected chi connectivity index (χ1v) is 11.3. The number of fused-ring (bicyclic) bond motifs is 2. The van der Waals surface area contributed by atoms with Crippen LogP contribution in [0.3, 0.4) is 0 Å². The van der Waals surface area contributed by atoms with Crippen LogP contribution in [-0.2, 0) is 23.1 Å². The van der Waals surface area contributed by atoms with Gasteiger partial charge in [-0.05, 0) is 28.5 Å². The van der Waals surface area contributed by atoms with Gasteiger partial charge < -0.3 is 9.88 Å². The Morgan fingerprint density at radius 1 is 0.903 bits per heavy atom. The first-order valence-electron chi connectivity index (χ1n) is 9.91. The van der Waals surface area contributed by atoms with Crippen LogP contribution in [0.4, 0.5) is 5.69 Å². The number of halogens is 1. The summed E-state index contributed by atoms with van der Waals surface area (Å²) in [6.45, 7) is 1.93. The summed E-state index contributed by atoms with van der Waals surface area (Å²) in [4.78, 5) is 9.65. The second kappa shape index (κ2) is 8.70. The van der Waals surface area contributed by atoms with Crippen LogP contribution in [0.5, 0.6) is 0 Å². The van der Waals surface area contributed by atoms with Gasteiger partial charge in [0.05, 0.1) is 24.3 Å². The Balaban J connectivity index is 0.00000231. The van der Waals surface area contributed by atoms with E-state index in [2.05, 4.69) is 27.0 Å². The molecule has 0 spiro atoms. The summed E-state index contributed by atoms with van der Waals surface area (Å²) in [6, 6.07) is 21.4. The summed E-state index contributed by atoms with van der Waals surface area (Å²) in [5.74, 6) is 0. The average Bonchev–Trinajstić information content (AvgIpc) is 3.25. The molecule has 0 aliphatic carbocycles. The third-order valence-electron chi connectivity index (χ3n) is 5.59. The van der Waals surface area contributed by atoms with Gasteiger partial charge >= 0.3 is 0 Å². The van der Waals surface area contributed by atoms with Gasteiger partial charge in [0.25, 0.3) is 0 Å². The van der Waals surface area contributed by atoms with Gasteiger partial charge in [-0.1, -0.05) is 54.6 Å². The van der Waals surface area contributed by atoms with Crippen molar-refractivity contribution in [2.75, 3.05) is 18.0 Å². The Hall–Kier alpha value is -2.87. The van der Waals surface area contributed by atoms with Gasteiger partial charge in [0, 0.05) is 25.8 Å². The smallest absolute Gasteiger partial charge is 0.245 e. The van der Waals surface area contributed by atoms with E-state index in [-0.39, 0.29) is 12.4 Å². The van der Waals surface area contributed by atoms with Crippen LogP contribution in [0.15, 0.2) is 84.1 Å². The number of nitrogens with zero attached hydrogens (tertiary/aromatic N) is 3. The maximum atomic E-state index is 13.6. The van der Waals surface area contributed by atoms with Crippen molar-refractivity contribution in [3.63, 3.8) is 0 Å². The molecular weight excluding hydrogens is 432 g/mol. The number of aromatic nitrogens is 2. The molecule has 0 atom stereocenters. The molecule has 5 rings (SSSR count). The molecule has 1 aromatic heterocycles. The SMILES string of the molecule is Cl.O=S1(=O)c2ccccc2N(Cc2cnc[nH]2)CCN1Cc1cccc2ccccc12. The van der Waals surface area contributed by atoms with E-state index in [1.165, 1.54) is 0 Å². The Labute approximate surface area is 188 Å². The lowest BCUT2D eigenvalue weighted by Gasteiger charge is -2.23. The van der Waals surface area contributed by atoms with Crippen molar-refractivity contribution in [3.8, 4) is 0 Å². The molecule has 0 saturated carbocycles. The van der Waals surface area contributed by atoms with Crippen molar-refractivity contribution >= 4 is 38.9 Å². The third-order valence-corrected chi connectivity index (χ3v) is 7.48. The number of hydrogen-bond acceptors (Lipinski definition) is 4. The van der Waals surface area contributed by atoms with Gasteiger partial charge in [-0.15, -0.1) is 12.4 Å². The van der Waals surface area contributed by atoms with E-state index in [1.54, 1.807) is 29.0 Å². The highest BCUT2D eigenvalue weighted by Crippen LogP contribution is 2.33. The van der Waals surface area contributed by atoms with E-state index in [0.29, 0.717) is 31.1 Å². The minimum Gasteiger partial charge on any atom is -0.363 e. The predicted molar refractivity (Wildman–Crippen MR) is 125 cm³/mol. The predicted octanol–water partition coefficient (Wildman–Crippen LogP) is 4.20. The Kier molecular flexibility index (Phi) is 6.00. The van der Waals surface area contributed by atoms with Crippen molar-refractivity contribution in [1.29, 1.82) is 0 Å². The van der Waals surface area contributed by atoms with Gasteiger partial charge in [0.15, 0.2) is 0 Å². The number of anilines is 1. The summed E-state index contributed by atoms with van der Waals surface area (Å²) in [7, 11) is -3.63. The quantitative estimate of drug-likeness (QED) is 0.502. The highest BCUT2D eigenvalue weighted by molar-refractivity contribution is 7.89. The topological polar surface area (TPSA) is 69.3 Å². The minimum atomic E-state index is -3.63. The summed E-state index contributed by atoms with van der Waals surface area (Å²) in [5.41, 5.74) is 2.69. The number of para-hydroxylation sites is 1. The van der Waals surface area contributed by atoms with E-state index in [0.717, 1.165) is 27.7 Å². The second-order valence-corrected chi connectivity index (χ2v) is 9.35. The minimum absolute atomic E-state index is 0. The highest BCUT2D eigenvalue weighted by atomic mass is 35.5. The monoisotopic (exact) mass is 454 g/mol. The molecule has 6 nitrogen and oxygen atoms in total. The molecule has 2 heterocycles. The highest BCUT2D eigenvalue weighted by Gasteiger charge is 2.32. The van der Waals surface area contributed by atoms with Crippen molar-refractivity contribution in [1.82, 2.24) is 14.3 Å². The molecule has 8 heteroatoms. The fourth-order valence-corrected chi connectivity index (χ4v) is 5.70. The summed E-state index contributed by atoms with van der Waals surface area (Å²) < 4.78 is 28.8. The average molecular weight is 455 g/mol. The van der Waals surface area contributed by atoms with E-state index < -0.39 is 10.0 Å². The van der Waals surface area contributed by atoms with Gasteiger partial charge in [-0.25, -0.2) is 13.4 Å².